The Bertz CT molecular complexity index is 520. The van der Waals surface area contributed by atoms with Crippen LogP contribution in [0.25, 0.3) is 6.08 Å². The molecule has 0 fully saturated rings. The maximum Gasteiger partial charge on any atom is 0.0757 e. The third-order valence-electron chi connectivity index (χ3n) is 3.51. The Balaban J connectivity index is 2.11. The third kappa shape index (κ3) is 5.06. The highest BCUT2D eigenvalue weighted by Crippen LogP contribution is 2.29. The SMILES string of the molecule is CC1=C(NOCCCCl)C(=Cc2ccc(Cl)cc2)CCC1. The molecule has 1 aromatic carbocycles. The van der Waals surface area contributed by atoms with Crippen LogP contribution in [0, 0.1) is 0 Å². The number of benzene rings is 1. The van der Waals surface area contributed by atoms with Gasteiger partial charge in [-0.3, -0.25) is 10.3 Å². The van der Waals surface area contributed by atoms with E-state index in [0.29, 0.717) is 12.5 Å². The highest BCUT2D eigenvalue weighted by molar-refractivity contribution is 6.30. The quantitative estimate of drug-likeness (QED) is 0.433. The average molecular weight is 326 g/mol. The maximum absolute atomic E-state index is 5.93. The number of alkyl halides is 1. The fourth-order valence-corrected chi connectivity index (χ4v) is 2.61. The molecule has 0 unspecified atom stereocenters. The lowest BCUT2D eigenvalue weighted by atomic mass is 9.91. The van der Waals surface area contributed by atoms with Crippen molar-refractivity contribution in [1.82, 2.24) is 5.48 Å². The van der Waals surface area contributed by atoms with Crippen molar-refractivity contribution in [3.05, 3.63) is 51.7 Å². The Morgan fingerprint density at radius 2 is 2.00 bits per heavy atom. The number of hydrogen-bond donors (Lipinski definition) is 1. The topological polar surface area (TPSA) is 21.3 Å². The second-order valence-corrected chi connectivity index (χ2v) is 6.04. The fourth-order valence-electron chi connectivity index (χ4n) is 2.38. The molecule has 4 heteroatoms. The van der Waals surface area contributed by atoms with Crippen molar-refractivity contribution >= 4 is 29.3 Å². The van der Waals surface area contributed by atoms with Crippen LogP contribution in [0.4, 0.5) is 0 Å². The molecule has 0 bridgehead atoms. The summed E-state index contributed by atoms with van der Waals surface area (Å²) in [4.78, 5) is 5.52. The van der Waals surface area contributed by atoms with E-state index in [9.17, 15) is 0 Å². The highest BCUT2D eigenvalue weighted by atomic mass is 35.5. The monoisotopic (exact) mass is 325 g/mol. The maximum atomic E-state index is 5.93. The fraction of sp³-hybridized carbons (Fsp3) is 0.412. The molecule has 0 saturated heterocycles. The minimum atomic E-state index is 0.618. The summed E-state index contributed by atoms with van der Waals surface area (Å²) in [6.45, 7) is 2.77. The van der Waals surface area contributed by atoms with E-state index in [2.05, 4.69) is 18.5 Å². The molecule has 1 N–H and O–H groups in total. The molecule has 0 heterocycles. The van der Waals surface area contributed by atoms with Gasteiger partial charge in [-0.25, -0.2) is 0 Å². The van der Waals surface area contributed by atoms with Crippen LogP contribution in [0.15, 0.2) is 41.1 Å². The molecule has 0 saturated carbocycles. The van der Waals surface area contributed by atoms with Gasteiger partial charge < -0.3 is 0 Å². The van der Waals surface area contributed by atoms with Crippen LogP contribution in [0.1, 0.15) is 38.2 Å². The molecular weight excluding hydrogens is 305 g/mol. The summed E-state index contributed by atoms with van der Waals surface area (Å²) >= 11 is 11.6. The second kappa shape index (κ2) is 8.47. The molecular formula is C17H21Cl2NO. The van der Waals surface area contributed by atoms with Gasteiger partial charge in [0.2, 0.25) is 0 Å². The Morgan fingerprint density at radius 3 is 2.71 bits per heavy atom. The van der Waals surface area contributed by atoms with Crippen LogP contribution >= 0.6 is 23.2 Å². The first-order valence-corrected chi connectivity index (χ1v) is 8.22. The molecule has 0 amide bonds. The third-order valence-corrected chi connectivity index (χ3v) is 4.03. The normalized spacial score (nSPS) is 17.4. The Labute approximate surface area is 136 Å². The van der Waals surface area contributed by atoms with Gasteiger partial charge >= 0.3 is 0 Å². The zero-order valence-electron chi connectivity index (χ0n) is 12.3. The van der Waals surface area contributed by atoms with E-state index in [1.54, 1.807) is 0 Å². The van der Waals surface area contributed by atoms with Gasteiger partial charge in [0, 0.05) is 10.9 Å². The van der Waals surface area contributed by atoms with Gasteiger partial charge in [-0.15, -0.1) is 11.6 Å². The van der Waals surface area contributed by atoms with E-state index in [1.165, 1.54) is 17.6 Å². The van der Waals surface area contributed by atoms with Crippen molar-refractivity contribution in [3.8, 4) is 0 Å². The van der Waals surface area contributed by atoms with Crippen molar-refractivity contribution in [2.24, 2.45) is 0 Å². The smallest absolute Gasteiger partial charge is 0.0757 e. The molecule has 1 aliphatic carbocycles. The number of rotatable bonds is 6. The van der Waals surface area contributed by atoms with Crippen LogP contribution in [0.2, 0.25) is 5.02 Å². The minimum Gasteiger partial charge on any atom is -0.276 e. The van der Waals surface area contributed by atoms with Crippen LogP contribution < -0.4 is 5.48 Å². The lowest BCUT2D eigenvalue weighted by molar-refractivity contribution is 0.0637. The largest absolute Gasteiger partial charge is 0.276 e. The summed E-state index contributed by atoms with van der Waals surface area (Å²) in [6, 6.07) is 7.89. The number of halogens is 2. The van der Waals surface area contributed by atoms with Gasteiger partial charge in [0.15, 0.2) is 0 Å². The molecule has 0 aromatic heterocycles. The van der Waals surface area contributed by atoms with E-state index >= 15 is 0 Å². The molecule has 1 aliphatic rings. The first-order valence-electron chi connectivity index (χ1n) is 7.30. The zero-order valence-corrected chi connectivity index (χ0v) is 13.8. The molecule has 114 valence electrons. The average Bonchev–Trinajstić information content (AvgIpc) is 2.48. The van der Waals surface area contributed by atoms with Gasteiger partial charge in [0.05, 0.1) is 12.3 Å². The molecule has 0 radical (unpaired) electrons. The summed E-state index contributed by atoms with van der Waals surface area (Å²) in [5.74, 6) is 0.618. The van der Waals surface area contributed by atoms with Crippen LogP contribution in [-0.4, -0.2) is 12.5 Å². The van der Waals surface area contributed by atoms with Gasteiger partial charge in [0.1, 0.15) is 0 Å². The van der Waals surface area contributed by atoms with Gasteiger partial charge in [-0.05, 0) is 67.5 Å². The summed E-state index contributed by atoms with van der Waals surface area (Å²) < 4.78 is 0. The highest BCUT2D eigenvalue weighted by Gasteiger charge is 2.15. The van der Waals surface area contributed by atoms with Gasteiger partial charge in [-0.1, -0.05) is 23.7 Å². The van der Waals surface area contributed by atoms with E-state index in [4.69, 9.17) is 28.0 Å². The molecule has 2 nitrogen and oxygen atoms in total. The van der Waals surface area contributed by atoms with Crippen LogP contribution in [0.5, 0.6) is 0 Å². The van der Waals surface area contributed by atoms with Gasteiger partial charge in [-0.2, -0.15) is 0 Å². The van der Waals surface area contributed by atoms with E-state index in [1.807, 2.05) is 24.3 Å². The van der Waals surface area contributed by atoms with Crippen molar-refractivity contribution in [1.29, 1.82) is 0 Å². The predicted octanol–water partition coefficient (Wildman–Crippen LogP) is 5.33. The van der Waals surface area contributed by atoms with E-state index < -0.39 is 0 Å². The molecule has 0 atom stereocenters. The Hall–Kier alpha value is -0.960. The zero-order chi connectivity index (χ0) is 15.1. The summed E-state index contributed by atoms with van der Waals surface area (Å²) in [7, 11) is 0. The predicted molar refractivity (Wildman–Crippen MR) is 90.4 cm³/mol. The molecule has 0 spiro atoms. The molecule has 1 aromatic rings. The first-order chi connectivity index (χ1) is 10.2. The standard InChI is InChI=1S/C17H21Cl2NO/c1-13-4-2-5-15(17(13)20-21-11-3-10-18)12-14-6-8-16(19)9-7-14/h6-9,12,20H,2-5,10-11H2,1H3. The van der Waals surface area contributed by atoms with E-state index in [-0.39, 0.29) is 0 Å². The Morgan fingerprint density at radius 1 is 1.24 bits per heavy atom. The van der Waals surface area contributed by atoms with Crippen molar-refractivity contribution in [3.63, 3.8) is 0 Å². The molecule has 21 heavy (non-hydrogen) atoms. The Kier molecular flexibility index (Phi) is 6.62. The van der Waals surface area contributed by atoms with Crippen LogP contribution in [0.3, 0.4) is 0 Å². The van der Waals surface area contributed by atoms with Crippen molar-refractivity contribution in [2.45, 2.75) is 32.6 Å². The number of nitrogens with one attached hydrogen (secondary N) is 1. The first kappa shape index (κ1) is 16.4. The lowest BCUT2D eigenvalue weighted by Gasteiger charge is -2.22. The van der Waals surface area contributed by atoms with Crippen molar-refractivity contribution in [2.75, 3.05) is 12.5 Å². The molecule has 0 aliphatic heterocycles. The summed E-state index contributed by atoms with van der Waals surface area (Å²) in [5, 5.41) is 0.760. The lowest BCUT2D eigenvalue weighted by Crippen LogP contribution is -2.20. The number of hydroxylamine groups is 1. The van der Waals surface area contributed by atoms with E-state index in [0.717, 1.165) is 35.5 Å². The van der Waals surface area contributed by atoms with Crippen LogP contribution in [-0.2, 0) is 4.84 Å². The number of allylic oxidation sites excluding steroid dienone is 2. The minimum absolute atomic E-state index is 0.618. The van der Waals surface area contributed by atoms with Gasteiger partial charge in [0.25, 0.3) is 0 Å². The summed E-state index contributed by atoms with van der Waals surface area (Å²) in [5.41, 5.74) is 8.01. The van der Waals surface area contributed by atoms with Crippen molar-refractivity contribution < 1.29 is 4.84 Å². The summed E-state index contributed by atoms with van der Waals surface area (Å²) in [6.07, 6.45) is 6.39. The second-order valence-electron chi connectivity index (χ2n) is 5.22. The molecule has 2 rings (SSSR count). The number of hydrogen-bond acceptors (Lipinski definition) is 2.